The maximum atomic E-state index is 11.2. The van der Waals surface area contributed by atoms with Crippen LogP contribution >= 0.6 is 11.8 Å². The van der Waals surface area contributed by atoms with E-state index in [0.717, 1.165) is 9.92 Å². The number of carbonyl (C=O) groups is 1. The Labute approximate surface area is 109 Å². The molecule has 0 bridgehead atoms. The third-order valence-corrected chi connectivity index (χ3v) is 3.33. The molecule has 0 fully saturated rings. The van der Waals surface area contributed by atoms with Crippen LogP contribution in [0.25, 0.3) is 0 Å². The van der Waals surface area contributed by atoms with Crippen LogP contribution in [0.1, 0.15) is 10.4 Å². The molecule has 0 aliphatic carbocycles. The van der Waals surface area contributed by atoms with Crippen LogP contribution in [0, 0.1) is 0 Å². The van der Waals surface area contributed by atoms with Crippen molar-refractivity contribution in [1.82, 2.24) is 4.98 Å². The van der Waals surface area contributed by atoms with E-state index in [-0.39, 0.29) is 0 Å². The normalized spacial score (nSPS) is 10.1. The van der Waals surface area contributed by atoms with Gasteiger partial charge >= 0.3 is 5.97 Å². The fourth-order valence-electron chi connectivity index (χ4n) is 1.37. The van der Waals surface area contributed by atoms with Gasteiger partial charge in [-0.15, -0.1) is 0 Å². The number of nitrogen functional groups attached to an aromatic ring is 1. The van der Waals surface area contributed by atoms with Gasteiger partial charge in [-0.2, -0.15) is 0 Å². The summed E-state index contributed by atoms with van der Waals surface area (Å²) in [6, 6.07) is 11.0. The van der Waals surface area contributed by atoms with Crippen LogP contribution < -0.4 is 5.73 Å². The molecule has 1 heterocycles. The minimum absolute atomic E-state index is 0.390. The predicted octanol–water partition coefficient (Wildman–Crippen LogP) is 2.60. The van der Waals surface area contributed by atoms with E-state index in [2.05, 4.69) is 9.72 Å². The second-order valence-corrected chi connectivity index (χ2v) is 4.58. The first-order valence-corrected chi connectivity index (χ1v) is 6.09. The van der Waals surface area contributed by atoms with E-state index in [1.807, 2.05) is 24.3 Å². The Morgan fingerprint density at radius 1 is 1.28 bits per heavy atom. The van der Waals surface area contributed by atoms with Crippen molar-refractivity contribution in [3.05, 3.63) is 48.2 Å². The summed E-state index contributed by atoms with van der Waals surface area (Å²) in [5.41, 5.74) is 6.99. The van der Waals surface area contributed by atoms with Crippen molar-refractivity contribution in [3.63, 3.8) is 0 Å². The molecular formula is C13H12N2O2S. The second-order valence-electron chi connectivity index (χ2n) is 3.52. The number of ether oxygens (including phenoxy) is 1. The lowest BCUT2D eigenvalue weighted by atomic mass is 10.3. The van der Waals surface area contributed by atoms with Crippen molar-refractivity contribution in [3.8, 4) is 0 Å². The topological polar surface area (TPSA) is 65.2 Å². The highest BCUT2D eigenvalue weighted by Crippen LogP contribution is 2.30. The number of nitrogens with zero attached hydrogens (tertiary/aromatic N) is 1. The van der Waals surface area contributed by atoms with E-state index in [9.17, 15) is 4.79 Å². The van der Waals surface area contributed by atoms with Crippen molar-refractivity contribution in [2.24, 2.45) is 0 Å². The number of pyridine rings is 1. The molecule has 0 spiro atoms. The number of esters is 1. The zero-order valence-electron chi connectivity index (χ0n) is 9.79. The first kappa shape index (κ1) is 12.4. The van der Waals surface area contributed by atoms with E-state index in [1.54, 1.807) is 12.1 Å². The highest BCUT2D eigenvalue weighted by Gasteiger charge is 2.07. The maximum Gasteiger partial charge on any atom is 0.339 e. The molecule has 5 heteroatoms. The molecule has 1 aromatic heterocycles. The molecule has 2 N–H and O–H groups in total. The van der Waals surface area contributed by atoms with Crippen LogP contribution in [0.15, 0.2) is 52.5 Å². The molecule has 0 saturated carbocycles. The smallest absolute Gasteiger partial charge is 0.339 e. The molecule has 0 atom stereocenters. The summed E-state index contributed by atoms with van der Waals surface area (Å²) in [7, 11) is 1.34. The number of aromatic nitrogens is 1. The third kappa shape index (κ3) is 2.81. The molecule has 1 aromatic carbocycles. The Hall–Kier alpha value is -2.01. The van der Waals surface area contributed by atoms with Gasteiger partial charge in [-0.3, -0.25) is 0 Å². The third-order valence-electron chi connectivity index (χ3n) is 2.29. The number of methoxy groups -OCH3 is 1. The number of carbonyl (C=O) groups excluding carboxylic acids is 1. The van der Waals surface area contributed by atoms with Crippen molar-refractivity contribution >= 4 is 23.4 Å². The Bertz CT molecular complexity index is 555. The summed E-state index contributed by atoms with van der Waals surface area (Å²) < 4.78 is 4.61. The minimum atomic E-state index is -0.390. The van der Waals surface area contributed by atoms with E-state index in [1.165, 1.54) is 25.1 Å². The molecule has 0 aliphatic heterocycles. The van der Waals surface area contributed by atoms with E-state index in [4.69, 9.17) is 5.73 Å². The SMILES string of the molecule is COC(=O)c1ccc(Sc2ccccc2N)nc1. The quantitative estimate of drug-likeness (QED) is 0.678. The Morgan fingerprint density at radius 2 is 2.06 bits per heavy atom. The van der Waals surface area contributed by atoms with Gasteiger partial charge in [0.2, 0.25) is 0 Å². The van der Waals surface area contributed by atoms with Crippen molar-refractivity contribution in [1.29, 1.82) is 0 Å². The molecule has 0 radical (unpaired) electrons. The van der Waals surface area contributed by atoms with Crippen molar-refractivity contribution < 1.29 is 9.53 Å². The van der Waals surface area contributed by atoms with Gasteiger partial charge in [-0.1, -0.05) is 23.9 Å². The zero-order valence-corrected chi connectivity index (χ0v) is 10.6. The lowest BCUT2D eigenvalue weighted by Gasteiger charge is -2.04. The van der Waals surface area contributed by atoms with E-state index >= 15 is 0 Å². The summed E-state index contributed by atoms with van der Waals surface area (Å²) in [5.74, 6) is -0.390. The highest BCUT2D eigenvalue weighted by molar-refractivity contribution is 7.99. The van der Waals surface area contributed by atoms with Gasteiger partial charge in [0.1, 0.15) is 5.03 Å². The summed E-state index contributed by atoms with van der Waals surface area (Å²) in [4.78, 5) is 16.4. The number of benzene rings is 1. The van der Waals surface area contributed by atoms with Crippen LogP contribution in [0.2, 0.25) is 0 Å². The van der Waals surface area contributed by atoms with Crippen LogP contribution in [0.4, 0.5) is 5.69 Å². The summed E-state index contributed by atoms with van der Waals surface area (Å²) in [6.45, 7) is 0. The lowest BCUT2D eigenvalue weighted by molar-refractivity contribution is 0.0600. The molecule has 92 valence electrons. The number of nitrogens with two attached hydrogens (primary N) is 1. The number of hydrogen-bond donors (Lipinski definition) is 1. The number of hydrogen-bond acceptors (Lipinski definition) is 5. The molecular weight excluding hydrogens is 248 g/mol. The van der Waals surface area contributed by atoms with E-state index in [0.29, 0.717) is 11.3 Å². The molecule has 0 amide bonds. The fraction of sp³-hybridized carbons (Fsp3) is 0.0769. The van der Waals surface area contributed by atoms with Gasteiger partial charge in [0.05, 0.1) is 12.7 Å². The average Bonchev–Trinajstić information content (AvgIpc) is 2.41. The van der Waals surface area contributed by atoms with Crippen molar-refractivity contribution in [2.75, 3.05) is 12.8 Å². The summed E-state index contributed by atoms with van der Waals surface area (Å²) in [6.07, 6.45) is 1.49. The van der Waals surface area contributed by atoms with Gasteiger partial charge in [-0.25, -0.2) is 9.78 Å². The van der Waals surface area contributed by atoms with Gasteiger partial charge in [0.15, 0.2) is 0 Å². The molecule has 18 heavy (non-hydrogen) atoms. The minimum Gasteiger partial charge on any atom is -0.465 e. The summed E-state index contributed by atoms with van der Waals surface area (Å²) in [5, 5.41) is 0.778. The second kappa shape index (κ2) is 5.55. The number of rotatable bonds is 3. The number of para-hydroxylation sites is 1. The largest absolute Gasteiger partial charge is 0.465 e. The average molecular weight is 260 g/mol. The van der Waals surface area contributed by atoms with Gasteiger partial charge in [0, 0.05) is 16.8 Å². The van der Waals surface area contributed by atoms with Crippen LogP contribution in [-0.2, 0) is 4.74 Å². The van der Waals surface area contributed by atoms with Gasteiger partial charge < -0.3 is 10.5 Å². The lowest BCUT2D eigenvalue weighted by Crippen LogP contribution is -2.01. The highest BCUT2D eigenvalue weighted by atomic mass is 32.2. The molecule has 0 unspecified atom stereocenters. The maximum absolute atomic E-state index is 11.2. The standard InChI is InChI=1S/C13H12N2O2S/c1-17-13(16)9-6-7-12(15-8-9)18-11-5-3-2-4-10(11)14/h2-8H,14H2,1H3. The zero-order chi connectivity index (χ0) is 13.0. The molecule has 2 rings (SSSR count). The summed E-state index contributed by atoms with van der Waals surface area (Å²) >= 11 is 1.45. The van der Waals surface area contributed by atoms with Crippen LogP contribution in [0.3, 0.4) is 0 Å². The first-order valence-electron chi connectivity index (χ1n) is 5.27. The van der Waals surface area contributed by atoms with Gasteiger partial charge in [0.25, 0.3) is 0 Å². The van der Waals surface area contributed by atoms with Gasteiger partial charge in [-0.05, 0) is 24.3 Å². The Kier molecular flexibility index (Phi) is 3.84. The van der Waals surface area contributed by atoms with Crippen LogP contribution in [-0.4, -0.2) is 18.1 Å². The molecule has 0 saturated heterocycles. The first-order chi connectivity index (χ1) is 8.70. The van der Waals surface area contributed by atoms with E-state index < -0.39 is 5.97 Å². The van der Waals surface area contributed by atoms with Crippen molar-refractivity contribution in [2.45, 2.75) is 9.92 Å². The fourth-order valence-corrected chi connectivity index (χ4v) is 2.16. The molecule has 2 aromatic rings. The molecule has 0 aliphatic rings. The Morgan fingerprint density at radius 3 is 2.67 bits per heavy atom. The Balaban J connectivity index is 2.16. The predicted molar refractivity (Wildman–Crippen MR) is 70.6 cm³/mol. The monoisotopic (exact) mass is 260 g/mol. The number of anilines is 1. The molecule has 4 nitrogen and oxygen atoms in total. The van der Waals surface area contributed by atoms with Crippen LogP contribution in [0.5, 0.6) is 0 Å².